The number of hydrogen-bond donors (Lipinski definition) is 2. The molecule has 0 bridgehead atoms. The Labute approximate surface area is 147 Å². The maximum atomic E-state index is 9.23. The molecule has 5 nitrogen and oxygen atoms in total. The number of benzene rings is 2. The first-order valence-electron chi connectivity index (χ1n) is 7.74. The predicted molar refractivity (Wildman–Crippen MR) is 96.8 cm³/mol. The Bertz CT molecular complexity index is 870. The highest BCUT2D eigenvalue weighted by molar-refractivity contribution is 5.85. The van der Waals surface area contributed by atoms with Crippen LogP contribution >= 0.6 is 12.4 Å². The minimum Gasteiger partial charge on any atom is -0.491 e. The highest BCUT2D eigenvalue weighted by Crippen LogP contribution is 2.17. The summed E-state index contributed by atoms with van der Waals surface area (Å²) in [5.74, 6) is 0.874. The van der Waals surface area contributed by atoms with E-state index < -0.39 is 0 Å². The van der Waals surface area contributed by atoms with Crippen LogP contribution in [0.1, 0.15) is 5.56 Å². The zero-order chi connectivity index (χ0) is 16.2. The van der Waals surface area contributed by atoms with E-state index in [0.29, 0.717) is 25.3 Å². The largest absolute Gasteiger partial charge is 0.491 e. The van der Waals surface area contributed by atoms with Crippen LogP contribution in [0.3, 0.4) is 0 Å². The van der Waals surface area contributed by atoms with Crippen molar-refractivity contribution in [2.75, 3.05) is 13.2 Å². The van der Waals surface area contributed by atoms with Gasteiger partial charge in [0.05, 0.1) is 24.2 Å². The number of aromatic nitrogens is 2. The Morgan fingerprint density at radius 1 is 0.958 bits per heavy atom. The number of rotatable bonds is 6. The van der Waals surface area contributed by atoms with Crippen LogP contribution in [-0.4, -0.2) is 27.5 Å². The van der Waals surface area contributed by atoms with Gasteiger partial charge in [0.25, 0.3) is 0 Å². The molecule has 1 heterocycles. The van der Waals surface area contributed by atoms with Crippen LogP contribution in [0.5, 0.6) is 5.75 Å². The number of nitrogens with one attached hydrogen (secondary N) is 1. The van der Waals surface area contributed by atoms with Crippen molar-refractivity contribution in [2.45, 2.75) is 20.0 Å². The van der Waals surface area contributed by atoms with Gasteiger partial charge in [-0.25, -0.2) is 0 Å². The molecule has 0 aliphatic carbocycles. The fraction of sp³-hybridized carbons (Fsp3) is 0.278. The van der Waals surface area contributed by atoms with Gasteiger partial charge in [0.15, 0.2) is 0 Å². The molecular weight excluding hydrogens is 326 g/mol. The summed E-state index contributed by atoms with van der Waals surface area (Å²) < 4.78 is 9.59. The van der Waals surface area contributed by atoms with E-state index in [1.165, 1.54) is 0 Å². The van der Waals surface area contributed by atoms with Crippen molar-refractivity contribution >= 4 is 23.4 Å². The highest BCUT2D eigenvalue weighted by atomic mass is 35.5. The van der Waals surface area contributed by atoms with E-state index >= 15 is 0 Å². The summed E-state index contributed by atoms with van der Waals surface area (Å²) in [4.78, 5) is 0. The first-order valence-corrected chi connectivity index (χ1v) is 7.74. The van der Waals surface area contributed by atoms with Gasteiger partial charge in [-0.1, -0.05) is 30.3 Å². The number of hydrogen-bond acceptors (Lipinski definition) is 3. The van der Waals surface area contributed by atoms with Gasteiger partial charge in [0.1, 0.15) is 12.4 Å². The SMILES string of the molecule is Cc1ccccc1OCCn1c(=N)n(CCO)c2ccccc21.Cl. The normalized spacial score (nSPS) is 10.6. The standard InChI is InChI=1S/C18H21N3O2.ClH/c1-14-6-2-5-9-17(14)23-13-11-21-16-8-4-3-7-15(16)20(10-12-22)18(21)19;/h2-9,19,22H,10-13H2,1H3;1H. The van der Waals surface area contributed by atoms with Gasteiger partial charge >= 0.3 is 0 Å². The molecule has 3 aromatic rings. The Balaban J connectivity index is 0.00000208. The lowest BCUT2D eigenvalue weighted by Crippen LogP contribution is -2.27. The van der Waals surface area contributed by atoms with E-state index in [1.807, 2.05) is 64.6 Å². The number of aliphatic hydroxyl groups excluding tert-OH is 1. The van der Waals surface area contributed by atoms with E-state index in [1.54, 1.807) is 0 Å². The average Bonchev–Trinajstić information content (AvgIpc) is 2.83. The molecule has 0 atom stereocenters. The van der Waals surface area contributed by atoms with Crippen LogP contribution in [0.2, 0.25) is 0 Å². The van der Waals surface area contributed by atoms with E-state index in [4.69, 9.17) is 10.1 Å². The van der Waals surface area contributed by atoms with Crippen molar-refractivity contribution < 1.29 is 9.84 Å². The maximum Gasteiger partial charge on any atom is 0.203 e. The molecule has 128 valence electrons. The summed E-state index contributed by atoms with van der Waals surface area (Å²) in [5.41, 5.74) is 3.43. The number of aryl methyl sites for hydroxylation is 1. The molecule has 0 saturated heterocycles. The van der Waals surface area contributed by atoms with Crippen molar-refractivity contribution in [1.82, 2.24) is 9.13 Å². The fourth-order valence-electron chi connectivity index (χ4n) is 2.81. The lowest BCUT2D eigenvalue weighted by Gasteiger charge is -2.10. The third-order valence-corrected chi connectivity index (χ3v) is 3.96. The van der Waals surface area contributed by atoms with Gasteiger partial charge in [-0.05, 0) is 30.7 Å². The van der Waals surface area contributed by atoms with E-state index in [0.717, 1.165) is 22.3 Å². The Hall–Kier alpha value is -2.24. The molecule has 1 aromatic heterocycles. The molecule has 2 N–H and O–H groups in total. The first kappa shape index (κ1) is 18.1. The van der Waals surface area contributed by atoms with Crippen LogP contribution in [0.4, 0.5) is 0 Å². The van der Waals surface area contributed by atoms with Crippen molar-refractivity contribution in [1.29, 1.82) is 5.41 Å². The summed E-state index contributed by atoms with van der Waals surface area (Å²) in [7, 11) is 0. The lowest BCUT2D eigenvalue weighted by atomic mass is 10.2. The number of aliphatic hydroxyl groups is 1. The molecule has 24 heavy (non-hydrogen) atoms. The third kappa shape index (κ3) is 3.47. The fourth-order valence-corrected chi connectivity index (χ4v) is 2.81. The predicted octanol–water partition coefficient (Wildman–Crippen LogP) is 2.72. The lowest BCUT2D eigenvalue weighted by molar-refractivity contribution is 0.271. The van der Waals surface area contributed by atoms with Gasteiger partial charge in [-0.2, -0.15) is 0 Å². The van der Waals surface area contributed by atoms with E-state index in [2.05, 4.69) is 0 Å². The van der Waals surface area contributed by atoms with Gasteiger partial charge in [0, 0.05) is 6.54 Å². The average molecular weight is 348 g/mol. The van der Waals surface area contributed by atoms with Crippen molar-refractivity contribution in [3.05, 3.63) is 59.7 Å². The Morgan fingerprint density at radius 2 is 1.54 bits per heavy atom. The van der Waals surface area contributed by atoms with Gasteiger partial charge in [0.2, 0.25) is 5.62 Å². The molecule has 3 rings (SSSR count). The van der Waals surface area contributed by atoms with Crippen LogP contribution in [0.15, 0.2) is 48.5 Å². The summed E-state index contributed by atoms with van der Waals surface area (Å²) in [5, 5.41) is 17.6. The minimum absolute atomic E-state index is 0. The second-order valence-electron chi connectivity index (χ2n) is 5.45. The van der Waals surface area contributed by atoms with Gasteiger partial charge < -0.3 is 19.0 Å². The molecule has 0 fully saturated rings. The molecule has 0 amide bonds. The number of fused-ring (bicyclic) bond motifs is 1. The maximum absolute atomic E-state index is 9.23. The molecule has 0 unspecified atom stereocenters. The Morgan fingerprint density at radius 3 is 2.17 bits per heavy atom. The molecule has 2 aromatic carbocycles. The molecule has 0 aliphatic heterocycles. The van der Waals surface area contributed by atoms with E-state index in [-0.39, 0.29) is 19.0 Å². The van der Waals surface area contributed by atoms with Crippen LogP contribution in [0.25, 0.3) is 11.0 Å². The van der Waals surface area contributed by atoms with Crippen molar-refractivity contribution in [2.24, 2.45) is 0 Å². The first-order chi connectivity index (χ1) is 11.2. The zero-order valence-corrected chi connectivity index (χ0v) is 14.4. The van der Waals surface area contributed by atoms with Crippen molar-refractivity contribution in [3.63, 3.8) is 0 Å². The number of nitrogens with zero attached hydrogens (tertiary/aromatic N) is 2. The van der Waals surface area contributed by atoms with Crippen LogP contribution in [-0.2, 0) is 13.1 Å². The summed E-state index contributed by atoms with van der Waals surface area (Å²) >= 11 is 0. The quantitative estimate of drug-likeness (QED) is 0.720. The molecule has 0 aliphatic rings. The smallest absolute Gasteiger partial charge is 0.203 e. The third-order valence-electron chi connectivity index (χ3n) is 3.96. The van der Waals surface area contributed by atoms with Crippen LogP contribution < -0.4 is 10.4 Å². The molecule has 6 heteroatoms. The molecule has 0 saturated carbocycles. The number of ether oxygens (including phenoxy) is 1. The minimum atomic E-state index is 0. The number of imidazole rings is 1. The molecule has 0 radical (unpaired) electrons. The monoisotopic (exact) mass is 347 g/mol. The van der Waals surface area contributed by atoms with Gasteiger partial charge in [-0.3, -0.25) is 5.41 Å². The summed E-state index contributed by atoms with van der Waals surface area (Å²) in [6.07, 6.45) is 0. The highest BCUT2D eigenvalue weighted by Gasteiger charge is 2.10. The Kier molecular flexibility index (Phi) is 6.06. The number of para-hydroxylation sites is 3. The summed E-state index contributed by atoms with van der Waals surface area (Å²) in [6, 6.07) is 15.8. The van der Waals surface area contributed by atoms with Crippen LogP contribution in [0, 0.1) is 12.3 Å². The van der Waals surface area contributed by atoms with E-state index in [9.17, 15) is 5.11 Å². The van der Waals surface area contributed by atoms with Gasteiger partial charge in [-0.15, -0.1) is 12.4 Å². The second-order valence-corrected chi connectivity index (χ2v) is 5.45. The second kappa shape index (κ2) is 8.04. The zero-order valence-electron chi connectivity index (χ0n) is 13.6. The number of halogens is 1. The van der Waals surface area contributed by atoms with Crippen molar-refractivity contribution in [3.8, 4) is 5.75 Å². The topological polar surface area (TPSA) is 63.2 Å². The molecule has 0 spiro atoms. The summed E-state index contributed by atoms with van der Waals surface area (Å²) in [6.45, 7) is 3.54. The molecular formula is C18H22ClN3O2.